The fourth-order valence-electron chi connectivity index (χ4n) is 2.67. The lowest BCUT2D eigenvalue weighted by Gasteiger charge is -2.11. The molecule has 0 spiro atoms. The number of ether oxygens (including phenoxy) is 1. The number of nitrogens with one attached hydrogen (secondary N) is 1. The predicted octanol–water partition coefficient (Wildman–Crippen LogP) is 4.19. The Morgan fingerprint density at radius 3 is 2.76 bits per heavy atom. The Labute approximate surface area is 129 Å². The highest BCUT2D eigenvalue weighted by Gasteiger charge is 2.11. The Morgan fingerprint density at radius 2 is 1.95 bits per heavy atom. The number of aromatic nitrogens is 2. The number of fused-ring (bicyclic) bond motifs is 1. The van der Waals surface area contributed by atoms with Gasteiger partial charge in [-0.15, -0.1) is 0 Å². The summed E-state index contributed by atoms with van der Waals surface area (Å²) in [4.78, 5) is 3.32. The van der Waals surface area contributed by atoms with Gasteiger partial charge in [-0.25, -0.2) is 0 Å². The van der Waals surface area contributed by atoms with E-state index in [0.29, 0.717) is 6.61 Å². The van der Waals surface area contributed by atoms with E-state index in [1.54, 1.807) is 7.11 Å². The first-order valence-electron chi connectivity index (χ1n) is 7.00. The number of aromatic amines is 1. The van der Waals surface area contributed by atoms with Crippen molar-refractivity contribution in [2.45, 2.75) is 13.3 Å². The molecule has 3 rings (SSSR count). The molecule has 0 fully saturated rings. The summed E-state index contributed by atoms with van der Waals surface area (Å²) >= 11 is 5.54. The fourth-order valence-corrected chi connectivity index (χ4v) is 2.96. The zero-order chi connectivity index (χ0) is 14.8. The van der Waals surface area contributed by atoms with Gasteiger partial charge in [0.2, 0.25) is 0 Å². The second-order valence-corrected chi connectivity index (χ2v) is 5.49. The van der Waals surface area contributed by atoms with Crippen molar-refractivity contribution in [1.29, 1.82) is 0 Å². The Bertz CT molecular complexity index is 832. The SMILES string of the molecule is COCCc1ccccc1-n1c(=S)[nH]c2c(C)cccc21. The van der Waals surface area contributed by atoms with Crippen molar-refractivity contribution < 1.29 is 4.74 Å². The first-order chi connectivity index (χ1) is 10.2. The van der Waals surface area contributed by atoms with Gasteiger partial charge in [-0.1, -0.05) is 30.3 Å². The molecule has 0 atom stereocenters. The Kier molecular flexibility index (Phi) is 3.90. The second kappa shape index (κ2) is 5.84. The molecule has 0 saturated carbocycles. The highest BCUT2D eigenvalue weighted by atomic mass is 32.1. The molecule has 0 radical (unpaired) electrons. The van der Waals surface area contributed by atoms with Crippen molar-refractivity contribution >= 4 is 23.3 Å². The number of aryl methyl sites for hydroxylation is 1. The summed E-state index contributed by atoms with van der Waals surface area (Å²) in [5.41, 5.74) is 5.77. The minimum atomic E-state index is 0.700. The molecule has 3 aromatic rings. The molecule has 0 aliphatic rings. The molecule has 0 saturated heterocycles. The molecule has 0 unspecified atom stereocenters. The van der Waals surface area contributed by atoms with E-state index in [0.717, 1.165) is 27.9 Å². The van der Waals surface area contributed by atoms with Gasteiger partial charge < -0.3 is 9.72 Å². The van der Waals surface area contributed by atoms with Crippen LogP contribution in [0.25, 0.3) is 16.7 Å². The summed E-state index contributed by atoms with van der Waals surface area (Å²) in [6, 6.07) is 14.6. The summed E-state index contributed by atoms with van der Waals surface area (Å²) in [7, 11) is 1.73. The molecule has 4 heteroatoms. The highest BCUT2D eigenvalue weighted by molar-refractivity contribution is 7.71. The molecule has 0 aliphatic heterocycles. The van der Waals surface area contributed by atoms with E-state index in [1.807, 2.05) is 6.07 Å². The zero-order valence-electron chi connectivity index (χ0n) is 12.2. The first kappa shape index (κ1) is 14.0. The molecular formula is C17H18N2OS. The minimum Gasteiger partial charge on any atom is -0.384 e. The van der Waals surface area contributed by atoms with Gasteiger partial charge in [0.1, 0.15) is 0 Å². The quantitative estimate of drug-likeness (QED) is 0.732. The summed E-state index contributed by atoms with van der Waals surface area (Å²) in [6.45, 7) is 2.79. The van der Waals surface area contributed by atoms with Crippen LogP contribution in [0, 0.1) is 11.7 Å². The molecule has 1 heterocycles. The maximum absolute atomic E-state index is 5.54. The van der Waals surface area contributed by atoms with E-state index >= 15 is 0 Å². The number of hydrogen-bond donors (Lipinski definition) is 1. The van der Waals surface area contributed by atoms with Crippen molar-refractivity contribution in [3.8, 4) is 5.69 Å². The van der Waals surface area contributed by atoms with Gasteiger partial charge in [-0.05, 0) is 48.8 Å². The lowest BCUT2D eigenvalue weighted by molar-refractivity contribution is 0.202. The van der Waals surface area contributed by atoms with Gasteiger partial charge in [0.05, 0.1) is 23.3 Å². The number of methoxy groups -OCH3 is 1. The van der Waals surface area contributed by atoms with Crippen LogP contribution in [-0.4, -0.2) is 23.3 Å². The predicted molar refractivity (Wildman–Crippen MR) is 88.8 cm³/mol. The number of rotatable bonds is 4. The van der Waals surface area contributed by atoms with Crippen molar-refractivity contribution in [3.63, 3.8) is 0 Å². The van der Waals surface area contributed by atoms with Crippen LogP contribution in [0.1, 0.15) is 11.1 Å². The van der Waals surface area contributed by atoms with Gasteiger partial charge in [0, 0.05) is 7.11 Å². The van der Waals surface area contributed by atoms with Crippen molar-refractivity contribution in [3.05, 3.63) is 58.4 Å². The van der Waals surface area contributed by atoms with Crippen molar-refractivity contribution in [1.82, 2.24) is 9.55 Å². The van der Waals surface area contributed by atoms with Gasteiger partial charge in [-0.2, -0.15) is 0 Å². The standard InChI is InChI=1S/C17H18N2OS/c1-12-6-5-9-15-16(12)18-17(21)19(15)14-8-4-3-7-13(14)10-11-20-2/h3-9H,10-11H2,1-2H3,(H,18,21). The molecule has 108 valence electrons. The summed E-state index contributed by atoms with van der Waals surface area (Å²) < 4.78 is 8.05. The number of nitrogens with zero attached hydrogens (tertiary/aromatic N) is 1. The Balaban J connectivity index is 2.24. The third-order valence-corrected chi connectivity index (χ3v) is 4.02. The van der Waals surface area contributed by atoms with Crippen LogP contribution in [-0.2, 0) is 11.2 Å². The highest BCUT2D eigenvalue weighted by Crippen LogP contribution is 2.24. The van der Waals surface area contributed by atoms with Gasteiger partial charge in [-0.3, -0.25) is 4.57 Å². The third kappa shape index (κ3) is 2.52. The molecular weight excluding hydrogens is 280 g/mol. The van der Waals surface area contributed by atoms with Crippen LogP contribution in [0.4, 0.5) is 0 Å². The van der Waals surface area contributed by atoms with E-state index in [-0.39, 0.29) is 0 Å². The third-order valence-electron chi connectivity index (χ3n) is 3.73. The van der Waals surface area contributed by atoms with E-state index in [1.165, 1.54) is 11.1 Å². The van der Waals surface area contributed by atoms with E-state index < -0.39 is 0 Å². The molecule has 2 aromatic carbocycles. The lowest BCUT2D eigenvalue weighted by Crippen LogP contribution is -2.02. The largest absolute Gasteiger partial charge is 0.384 e. The maximum atomic E-state index is 5.54. The van der Waals surface area contributed by atoms with Gasteiger partial charge in [0.25, 0.3) is 0 Å². The number of para-hydroxylation sites is 2. The average Bonchev–Trinajstić information content (AvgIpc) is 2.83. The van der Waals surface area contributed by atoms with Crippen LogP contribution in [0.5, 0.6) is 0 Å². The molecule has 1 N–H and O–H groups in total. The van der Waals surface area contributed by atoms with Crippen LogP contribution in [0.3, 0.4) is 0 Å². The van der Waals surface area contributed by atoms with Crippen molar-refractivity contribution in [2.75, 3.05) is 13.7 Å². The van der Waals surface area contributed by atoms with E-state index in [4.69, 9.17) is 17.0 Å². The van der Waals surface area contributed by atoms with Crippen molar-refractivity contribution in [2.24, 2.45) is 0 Å². The van der Waals surface area contributed by atoms with E-state index in [9.17, 15) is 0 Å². The average molecular weight is 298 g/mol. The second-order valence-electron chi connectivity index (χ2n) is 5.11. The number of imidazole rings is 1. The Morgan fingerprint density at radius 1 is 1.14 bits per heavy atom. The summed E-state index contributed by atoms with van der Waals surface area (Å²) in [5.74, 6) is 0. The topological polar surface area (TPSA) is 29.9 Å². The first-order valence-corrected chi connectivity index (χ1v) is 7.41. The fraction of sp³-hybridized carbons (Fsp3) is 0.235. The maximum Gasteiger partial charge on any atom is 0.182 e. The van der Waals surface area contributed by atoms with Crippen LogP contribution in [0.15, 0.2) is 42.5 Å². The van der Waals surface area contributed by atoms with Crippen LogP contribution < -0.4 is 0 Å². The summed E-state index contributed by atoms with van der Waals surface area (Å²) in [5, 5.41) is 0. The molecule has 0 aliphatic carbocycles. The Hall–Kier alpha value is -1.91. The number of benzene rings is 2. The van der Waals surface area contributed by atoms with Crippen LogP contribution >= 0.6 is 12.2 Å². The smallest absolute Gasteiger partial charge is 0.182 e. The molecule has 0 bridgehead atoms. The zero-order valence-corrected chi connectivity index (χ0v) is 13.0. The summed E-state index contributed by atoms with van der Waals surface area (Å²) in [6.07, 6.45) is 0.868. The normalized spacial score (nSPS) is 11.1. The van der Waals surface area contributed by atoms with E-state index in [2.05, 4.69) is 52.9 Å². The minimum absolute atomic E-state index is 0.700. The molecule has 3 nitrogen and oxygen atoms in total. The molecule has 1 aromatic heterocycles. The van der Waals surface area contributed by atoms with Crippen LogP contribution in [0.2, 0.25) is 0 Å². The molecule has 0 amide bonds. The molecule has 21 heavy (non-hydrogen) atoms. The number of hydrogen-bond acceptors (Lipinski definition) is 2. The lowest BCUT2D eigenvalue weighted by atomic mass is 10.1. The van der Waals surface area contributed by atoms with Gasteiger partial charge >= 0.3 is 0 Å². The van der Waals surface area contributed by atoms with Gasteiger partial charge in [0.15, 0.2) is 4.77 Å². The monoisotopic (exact) mass is 298 g/mol. The number of H-pyrrole nitrogens is 1.